The molecule has 0 aliphatic rings. The zero-order chi connectivity index (χ0) is 10.6. The fraction of sp³-hybridized carbons (Fsp3) is 0.111. The predicted molar refractivity (Wildman–Crippen MR) is 47.1 cm³/mol. The first kappa shape index (κ1) is 9.69. The van der Waals surface area contributed by atoms with Crippen LogP contribution in [0.4, 0.5) is 5.69 Å². The van der Waals surface area contributed by atoms with Gasteiger partial charge in [0, 0.05) is 6.07 Å². The van der Waals surface area contributed by atoms with Crippen LogP contribution < -0.4 is 0 Å². The van der Waals surface area contributed by atoms with Crippen molar-refractivity contribution in [2.45, 2.75) is 6.42 Å². The molecule has 0 heterocycles. The SMILES string of the molecule is N#CCc1cccc([N+](=O)[O-])c1C#N. The van der Waals surface area contributed by atoms with Crippen molar-refractivity contribution >= 4 is 5.69 Å². The Balaban J connectivity index is 3.36. The first-order valence-electron chi connectivity index (χ1n) is 3.74. The van der Waals surface area contributed by atoms with E-state index in [2.05, 4.69) is 0 Å². The van der Waals surface area contributed by atoms with Crippen LogP contribution in [0.3, 0.4) is 0 Å². The largest absolute Gasteiger partial charge is 0.287 e. The van der Waals surface area contributed by atoms with Crippen LogP contribution in [0.2, 0.25) is 0 Å². The second-order valence-electron chi connectivity index (χ2n) is 2.52. The third-order valence-electron chi connectivity index (χ3n) is 1.71. The van der Waals surface area contributed by atoms with Crippen molar-refractivity contribution in [3.63, 3.8) is 0 Å². The van der Waals surface area contributed by atoms with Crippen molar-refractivity contribution in [2.24, 2.45) is 0 Å². The molecule has 1 rings (SSSR count). The summed E-state index contributed by atoms with van der Waals surface area (Å²) in [7, 11) is 0. The van der Waals surface area contributed by atoms with Gasteiger partial charge in [0.05, 0.1) is 17.4 Å². The molecule has 68 valence electrons. The molecule has 0 N–H and O–H groups in total. The molecule has 0 saturated carbocycles. The standard InChI is InChI=1S/C9H5N3O2/c10-5-4-7-2-1-3-9(12(13)14)8(7)6-11/h1-3H,4H2. The highest BCUT2D eigenvalue weighted by Gasteiger charge is 2.16. The lowest BCUT2D eigenvalue weighted by atomic mass is 10.0. The van der Waals surface area contributed by atoms with Crippen LogP contribution >= 0.6 is 0 Å². The fourth-order valence-corrected chi connectivity index (χ4v) is 1.10. The first-order chi connectivity index (χ1) is 6.70. The number of nitriles is 2. The van der Waals surface area contributed by atoms with Gasteiger partial charge in [-0.25, -0.2) is 0 Å². The second-order valence-corrected chi connectivity index (χ2v) is 2.52. The summed E-state index contributed by atoms with van der Waals surface area (Å²) in [4.78, 5) is 9.88. The second kappa shape index (κ2) is 4.01. The van der Waals surface area contributed by atoms with E-state index in [0.717, 1.165) is 0 Å². The minimum Gasteiger partial charge on any atom is -0.258 e. The van der Waals surface area contributed by atoms with Crippen molar-refractivity contribution in [3.05, 3.63) is 39.4 Å². The Morgan fingerprint density at radius 2 is 2.14 bits per heavy atom. The van der Waals surface area contributed by atoms with Crippen molar-refractivity contribution in [1.82, 2.24) is 0 Å². The van der Waals surface area contributed by atoms with Crippen LogP contribution in [0.25, 0.3) is 0 Å². The lowest BCUT2D eigenvalue weighted by molar-refractivity contribution is -0.385. The number of rotatable bonds is 2. The van der Waals surface area contributed by atoms with E-state index in [4.69, 9.17) is 10.5 Å². The molecule has 0 bridgehead atoms. The number of nitrogens with zero attached hydrogens (tertiary/aromatic N) is 3. The maximum absolute atomic E-state index is 10.5. The van der Waals surface area contributed by atoms with E-state index < -0.39 is 4.92 Å². The lowest BCUT2D eigenvalue weighted by Crippen LogP contribution is -1.96. The Kier molecular flexibility index (Phi) is 2.78. The Morgan fingerprint density at radius 3 is 2.64 bits per heavy atom. The number of hydrogen-bond donors (Lipinski definition) is 0. The predicted octanol–water partition coefficient (Wildman–Crippen LogP) is 1.53. The molecule has 5 nitrogen and oxygen atoms in total. The molecule has 0 atom stereocenters. The molecule has 1 aromatic rings. The van der Waals surface area contributed by atoms with Gasteiger partial charge in [-0.05, 0) is 5.56 Å². The van der Waals surface area contributed by atoms with Gasteiger partial charge in [-0.3, -0.25) is 10.1 Å². The molecule has 0 fully saturated rings. The van der Waals surface area contributed by atoms with Crippen LogP contribution in [0.5, 0.6) is 0 Å². The molecule has 1 aromatic carbocycles. The van der Waals surface area contributed by atoms with Crippen molar-refractivity contribution < 1.29 is 4.92 Å². The molecular formula is C9H5N3O2. The number of benzene rings is 1. The summed E-state index contributed by atoms with van der Waals surface area (Å²) in [6.45, 7) is 0. The molecule has 0 saturated heterocycles. The van der Waals surface area contributed by atoms with E-state index >= 15 is 0 Å². The minimum absolute atomic E-state index is 0.00454. The number of hydrogen-bond acceptors (Lipinski definition) is 4. The number of nitro benzene ring substituents is 1. The monoisotopic (exact) mass is 187 g/mol. The Labute approximate surface area is 80.0 Å². The van der Waals surface area contributed by atoms with E-state index in [1.165, 1.54) is 18.2 Å². The molecule has 0 aromatic heterocycles. The highest BCUT2D eigenvalue weighted by atomic mass is 16.6. The average Bonchev–Trinajstić information content (AvgIpc) is 2.18. The fourth-order valence-electron chi connectivity index (χ4n) is 1.10. The minimum atomic E-state index is -0.626. The van der Waals surface area contributed by atoms with E-state index in [9.17, 15) is 10.1 Å². The quantitative estimate of drug-likeness (QED) is 0.518. The third-order valence-corrected chi connectivity index (χ3v) is 1.71. The van der Waals surface area contributed by atoms with Crippen molar-refractivity contribution in [1.29, 1.82) is 10.5 Å². The maximum atomic E-state index is 10.5. The number of nitro groups is 1. The summed E-state index contributed by atoms with van der Waals surface area (Å²) in [5.41, 5.74) is 0.114. The first-order valence-corrected chi connectivity index (χ1v) is 3.74. The molecule has 0 radical (unpaired) electrons. The van der Waals surface area contributed by atoms with E-state index in [1.54, 1.807) is 6.07 Å². The Morgan fingerprint density at radius 1 is 1.43 bits per heavy atom. The van der Waals surface area contributed by atoms with Crippen LogP contribution in [0.1, 0.15) is 11.1 Å². The summed E-state index contributed by atoms with van der Waals surface area (Å²) in [5.74, 6) is 0. The van der Waals surface area contributed by atoms with Gasteiger partial charge in [-0.2, -0.15) is 10.5 Å². The van der Waals surface area contributed by atoms with Gasteiger partial charge in [-0.15, -0.1) is 0 Å². The van der Waals surface area contributed by atoms with E-state index in [0.29, 0.717) is 5.56 Å². The zero-order valence-electron chi connectivity index (χ0n) is 7.10. The summed E-state index contributed by atoms with van der Waals surface area (Å²) < 4.78 is 0. The normalized spacial score (nSPS) is 8.71. The van der Waals surface area contributed by atoms with Gasteiger partial charge in [-0.1, -0.05) is 12.1 Å². The van der Waals surface area contributed by atoms with Crippen LogP contribution in [-0.2, 0) is 6.42 Å². The molecule has 0 aliphatic heterocycles. The van der Waals surface area contributed by atoms with Gasteiger partial charge in [0.15, 0.2) is 0 Å². The summed E-state index contributed by atoms with van der Waals surface area (Å²) in [6.07, 6.45) is 0.00454. The zero-order valence-corrected chi connectivity index (χ0v) is 7.10. The van der Waals surface area contributed by atoms with Crippen LogP contribution in [-0.4, -0.2) is 4.92 Å². The topological polar surface area (TPSA) is 90.7 Å². The summed E-state index contributed by atoms with van der Waals surface area (Å²) in [6, 6.07) is 7.84. The van der Waals surface area contributed by atoms with Gasteiger partial charge in [0.2, 0.25) is 0 Å². The van der Waals surface area contributed by atoms with Crippen molar-refractivity contribution in [3.8, 4) is 12.1 Å². The molecule has 0 spiro atoms. The smallest absolute Gasteiger partial charge is 0.258 e. The third kappa shape index (κ3) is 1.67. The highest BCUT2D eigenvalue weighted by molar-refractivity contribution is 5.53. The molecule has 0 aliphatic carbocycles. The lowest BCUT2D eigenvalue weighted by Gasteiger charge is -1.98. The van der Waals surface area contributed by atoms with Crippen molar-refractivity contribution in [2.75, 3.05) is 0 Å². The van der Waals surface area contributed by atoms with Gasteiger partial charge in [0.1, 0.15) is 11.6 Å². The molecule has 0 unspecified atom stereocenters. The molecule has 14 heavy (non-hydrogen) atoms. The Bertz CT molecular complexity index is 454. The molecule has 5 heteroatoms. The summed E-state index contributed by atoms with van der Waals surface area (Å²) >= 11 is 0. The van der Waals surface area contributed by atoms with Crippen LogP contribution in [0.15, 0.2) is 18.2 Å². The Hall–Kier alpha value is -2.40. The average molecular weight is 187 g/mol. The van der Waals surface area contributed by atoms with E-state index in [1.807, 2.05) is 6.07 Å². The van der Waals surface area contributed by atoms with Gasteiger partial charge in [0.25, 0.3) is 5.69 Å². The maximum Gasteiger partial charge on any atom is 0.287 e. The van der Waals surface area contributed by atoms with Gasteiger partial charge < -0.3 is 0 Å². The molecular weight excluding hydrogens is 182 g/mol. The van der Waals surface area contributed by atoms with E-state index in [-0.39, 0.29) is 17.7 Å². The molecule has 0 amide bonds. The summed E-state index contributed by atoms with van der Waals surface area (Å²) in [5, 5.41) is 27.7. The van der Waals surface area contributed by atoms with Crippen LogP contribution in [0, 0.1) is 32.8 Å². The highest BCUT2D eigenvalue weighted by Crippen LogP contribution is 2.21. The van der Waals surface area contributed by atoms with Gasteiger partial charge >= 0.3 is 0 Å².